The standard InChI is InChI=1S/C14H14N2O3S/c1-2-12-15-11(9-20-12)16(8-13(17)18)14(19)10-6-4-3-5-7-10/h3-7,9H,2,8H2,1H3,(H,17,18). The summed E-state index contributed by atoms with van der Waals surface area (Å²) in [6.07, 6.45) is 0.755. The predicted octanol–water partition coefficient (Wildman–Crippen LogP) is 2.44. The van der Waals surface area contributed by atoms with Crippen LogP contribution in [0.4, 0.5) is 5.82 Å². The number of hydrogen-bond donors (Lipinski definition) is 1. The Balaban J connectivity index is 2.32. The number of aryl methyl sites for hydroxylation is 1. The van der Waals surface area contributed by atoms with E-state index >= 15 is 0 Å². The van der Waals surface area contributed by atoms with Gasteiger partial charge in [-0.3, -0.25) is 14.5 Å². The summed E-state index contributed by atoms with van der Waals surface area (Å²) in [5, 5.41) is 11.6. The van der Waals surface area contributed by atoms with E-state index in [1.807, 2.05) is 6.92 Å². The molecule has 0 saturated carbocycles. The van der Waals surface area contributed by atoms with Crippen LogP contribution < -0.4 is 4.90 Å². The Morgan fingerprint density at radius 1 is 1.30 bits per heavy atom. The highest BCUT2D eigenvalue weighted by Crippen LogP contribution is 2.20. The maximum absolute atomic E-state index is 12.4. The van der Waals surface area contributed by atoms with Gasteiger partial charge in [-0.15, -0.1) is 11.3 Å². The molecule has 1 aromatic heterocycles. The van der Waals surface area contributed by atoms with Crippen molar-refractivity contribution in [1.82, 2.24) is 4.98 Å². The molecular formula is C14H14N2O3S. The van der Waals surface area contributed by atoms with Crippen LogP contribution in [0.15, 0.2) is 35.7 Å². The van der Waals surface area contributed by atoms with E-state index in [2.05, 4.69) is 4.98 Å². The van der Waals surface area contributed by atoms with Crippen molar-refractivity contribution in [1.29, 1.82) is 0 Å². The van der Waals surface area contributed by atoms with E-state index in [1.165, 1.54) is 16.2 Å². The maximum atomic E-state index is 12.4. The molecule has 1 N–H and O–H groups in total. The van der Waals surface area contributed by atoms with Gasteiger partial charge in [0.1, 0.15) is 12.4 Å². The number of rotatable bonds is 5. The second-order valence-corrected chi connectivity index (χ2v) is 5.05. The predicted molar refractivity (Wildman–Crippen MR) is 77.2 cm³/mol. The van der Waals surface area contributed by atoms with Gasteiger partial charge in [0, 0.05) is 10.9 Å². The van der Waals surface area contributed by atoms with Gasteiger partial charge in [0.15, 0.2) is 0 Å². The number of hydrogen-bond acceptors (Lipinski definition) is 4. The first kappa shape index (κ1) is 14.2. The summed E-state index contributed by atoms with van der Waals surface area (Å²) in [6.45, 7) is 1.56. The van der Waals surface area contributed by atoms with E-state index in [0.29, 0.717) is 11.4 Å². The van der Waals surface area contributed by atoms with Crippen molar-refractivity contribution in [3.63, 3.8) is 0 Å². The number of carboxylic acids is 1. The van der Waals surface area contributed by atoms with Crippen LogP contribution in [0.2, 0.25) is 0 Å². The lowest BCUT2D eigenvalue weighted by Crippen LogP contribution is -2.36. The van der Waals surface area contributed by atoms with Gasteiger partial charge in [-0.05, 0) is 18.6 Å². The molecule has 104 valence electrons. The molecule has 2 rings (SSSR count). The first-order chi connectivity index (χ1) is 9.61. The molecule has 0 aliphatic heterocycles. The number of carboxylic acid groups (broad SMARTS) is 1. The van der Waals surface area contributed by atoms with Gasteiger partial charge in [-0.25, -0.2) is 4.98 Å². The van der Waals surface area contributed by atoms with Crippen molar-refractivity contribution in [3.05, 3.63) is 46.3 Å². The highest BCUT2D eigenvalue weighted by Gasteiger charge is 2.22. The fourth-order valence-electron chi connectivity index (χ4n) is 1.72. The lowest BCUT2D eigenvalue weighted by Gasteiger charge is -2.18. The first-order valence-electron chi connectivity index (χ1n) is 6.15. The van der Waals surface area contributed by atoms with Gasteiger partial charge < -0.3 is 5.11 Å². The van der Waals surface area contributed by atoms with Gasteiger partial charge in [0.25, 0.3) is 5.91 Å². The summed E-state index contributed by atoms with van der Waals surface area (Å²) in [4.78, 5) is 28.9. The quantitative estimate of drug-likeness (QED) is 0.918. The summed E-state index contributed by atoms with van der Waals surface area (Å²) in [7, 11) is 0. The average Bonchev–Trinajstić information content (AvgIpc) is 2.93. The molecule has 6 heteroatoms. The SMILES string of the molecule is CCc1nc(N(CC(=O)O)C(=O)c2ccccc2)cs1. The van der Waals surface area contributed by atoms with Crippen LogP contribution in [-0.2, 0) is 11.2 Å². The summed E-state index contributed by atoms with van der Waals surface area (Å²) in [5.41, 5.74) is 0.444. The number of carbonyl (C=O) groups excluding carboxylic acids is 1. The maximum Gasteiger partial charge on any atom is 0.323 e. The van der Waals surface area contributed by atoms with E-state index in [0.717, 1.165) is 11.4 Å². The number of anilines is 1. The van der Waals surface area contributed by atoms with Crippen molar-refractivity contribution in [2.24, 2.45) is 0 Å². The van der Waals surface area contributed by atoms with Crippen LogP contribution in [-0.4, -0.2) is 28.5 Å². The molecule has 0 aliphatic rings. The molecule has 0 radical (unpaired) electrons. The smallest absolute Gasteiger partial charge is 0.323 e. The molecule has 1 amide bonds. The number of amides is 1. The molecule has 20 heavy (non-hydrogen) atoms. The third-order valence-electron chi connectivity index (χ3n) is 2.68. The monoisotopic (exact) mass is 290 g/mol. The van der Waals surface area contributed by atoms with Crippen molar-refractivity contribution in [2.75, 3.05) is 11.4 Å². The Hall–Kier alpha value is -2.21. The first-order valence-corrected chi connectivity index (χ1v) is 7.03. The minimum absolute atomic E-state index is 0.360. The lowest BCUT2D eigenvalue weighted by atomic mass is 10.2. The summed E-state index contributed by atoms with van der Waals surface area (Å²) in [6, 6.07) is 8.60. The molecule has 0 atom stereocenters. The third kappa shape index (κ3) is 3.21. The molecule has 0 fully saturated rings. The highest BCUT2D eigenvalue weighted by atomic mass is 32.1. The molecule has 0 aliphatic carbocycles. The van der Waals surface area contributed by atoms with Crippen LogP contribution in [0.5, 0.6) is 0 Å². The largest absolute Gasteiger partial charge is 0.480 e. The average molecular weight is 290 g/mol. The van der Waals surface area contributed by atoms with Gasteiger partial charge in [0.05, 0.1) is 5.01 Å². The van der Waals surface area contributed by atoms with E-state index < -0.39 is 12.5 Å². The van der Waals surface area contributed by atoms with Gasteiger partial charge in [-0.1, -0.05) is 25.1 Å². The second-order valence-electron chi connectivity index (χ2n) is 4.10. The van der Waals surface area contributed by atoms with Crippen molar-refractivity contribution in [2.45, 2.75) is 13.3 Å². The molecule has 0 unspecified atom stereocenters. The van der Waals surface area contributed by atoms with Crippen LogP contribution in [0.1, 0.15) is 22.3 Å². The molecule has 0 saturated heterocycles. The van der Waals surface area contributed by atoms with Crippen LogP contribution in [0.25, 0.3) is 0 Å². The normalized spacial score (nSPS) is 10.2. The van der Waals surface area contributed by atoms with E-state index in [1.54, 1.807) is 35.7 Å². The fourth-order valence-corrected chi connectivity index (χ4v) is 2.45. The molecule has 1 aromatic carbocycles. The number of benzene rings is 1. The number of nitrogens with zero attached hydrogens (tertiary/aromatic N) is 2. The van der Waals surface area contributed by atoms with Crippen LogP contribution in [0.3, 0.4) is 0 Å². The van der Waals surface area contributed by atoms with E-state index in [4.69, 9.17) is 5.11 Å². The summed E-state index contributed by atoms with van der Waals surface area (Å²) in [5.74, 6) is -1.04. The fraction of sp³-hybridized carbons (Fsp3) is 0.214. The zero-order chi connectivity index (χ0) is 14.5. The minimum Gasteiger partial charge on any atom is -0.480 e. The zero-order valence-electron chi connectivity index (χ0n) is 10.9. The molecule has 5 nitrogen and oxygen atoms in total. The molecule has 2 aromatic rings. The lowest BCUT2D eigenvalue weighted by molar-refractivity contribution is -0.135. The Bertz CT molecular complexity index is 610. The summed E-state index contributed by atoms with van der Waals surface area (Å²) >= 11 is 1.42. The van der Waals surface area contributed by atoms with Gasteiger partial charge >= 0.3 is 5.97 Å². The van der Waals surface area contributed by atoms with E-state index in [9.17, 15) is 9.59 Å². The minimum atomic E-state index is -1.07. The molecule has 1 heterocycles. The zero-order valence-corrected chi connectivity index (χ0v) is 11.8. The number of carbonyl (C=O) groups is 2. The molecular weight excluding hydrogens is 276 g/mol. The van der Waals surface area contributed by atoms with Crippen molar-refractivity contribution in [3.8, 4) is 0 Å². The Morgan fingerprint density at radius 2 is 2.00 bits per heavy atom. The number of aliphatic carboxylic acids is 1. The van der Waals surface area contributed by atoms with Crippen LogP contribution in [0, 0.1) is 0 Å². The van der Waals surface area contributed by atoms with E-state index in [-0.39, 0.29) is 5.91 Å². The van der Waals surface area contributed by atoms with Crippen LogP contribution >= 0.6 is 11.3 Å². The Morgan fingerprint density at radius 3 is 2.55 bits per heavy atom. The van der Waals surface area contributed by atoms with Gasteiger partial charge in [-0.2, -0.15) is 0 Å². The summed E-state index contributed by atoms with van der Waals surface area (Å²) < 4.78 is 0. The Kier molecular flexibility index (Phi) is 4.47. The number of aromatic nitrogens is 1. The highest BCUT2D eigenvalue weighted by molar-refractivity contribution is 7.10. The molecule has 0 spiro atoms. The second kappa shape index (κ2) is 6.29. The van der Waals surface area contributed by atoms with Gasteiger partial charge in [0.2, 0.25) is 0 Å². The number of thiazole rings is 1. The topological polar surface area (TPSA) is 70.5 Å². The molecule has 0 bridgehead atoms. The van der Waals surface area contributed by atoms with Crippen molar-refractivity contribution >= 4 is 29.0 Å². The Labute approximate surface area is 120 Å². The van der Waals surface area contributed by atoms with Crippen molar-refractivity contribution < 1.29 is 14.7 Å². The third-order valence-corrected chi connectivity index (χ3v) is 3.66.